The lowest BCUT2D eigenvalue weighted by atomic mass is 9.89. The largest absolute Gasteiger partial charge is 0.399 e. The summed E-state index contributed by atoms with van der Waals surface area (Å²) in [6.07, 6.45) is 5.60. The van der Waals surface area contributed by atoms with Crippen molar-refractivity contribution in [2.75, 3.05) is 30.3 Å². The Hall–Kier alpha value is -3.88. The van der Waals surface area contributed by atoms with Gasteiger partial charge in [-0.3, -0.25) is 24.2 Å². The van der Waals surface area contributed by atoms with Crippen molar-refractivity contribution in [3.8, 4) is 0 Å². The molecule has 32 heavy (non-hydrogen) atoms. The van der Waals surface area contributed by atoms with Crippen LogP contribution < -0.4 is 16.0 Å². The Morgan fingerprint density at radius 1 is 1.06 bits per heavy atom. The van der Waals surface area contributed by atoms with Crippen LogP contribution in [0, 0.1) is 0 Å². The fourth-order valence-electron chi connectivity index (χ4n) is 4.44. The van der Waals surface area contributed by atoms with E-state index in [1.54, 1.807) is 30.5 Å². The molecule has 0 bridgehead atoms. The lowest BCUT2D eigenvalue weighted by Gasteiger charge is -2.32. The van der Waals surface area contributed by atoms with Crippen LogP contribution >= 0.6 is 0 Å². The molecule has 0 atom stereocenters. The molecule has 0 aliphatic carbocycles. The second-order valence-corrected chi connectivity index (χ2v) is 8.25. The molecule has 2 aliphatic heterocycles. The molecule has 1 aromatic carbocycles. The maximum atomic E-state index is 12.7. The molecule has 4 heterocycles. The smallest absolute Gasteiger partial charge is 0.329 e. The molecule has 9 nitrogen and oxygen atoms in total. The number of hydrogen-bond acceptors (Lipinski definition) is 5. The van der Waals surface area contributed by atoms with Crippen LogP contribution in [-0.4, -0.2) is 51.8 Å². The zero-order chi connectivity index (χ0) is 22.2. The summed E-state index contributed by atoms with van der Waals surface area (Å²) in [5.41, 5.74) is 8.95. The molecule has 0 spiro atoms. The van der Waals surface area contributed by atoms with E-state index >= 15 is 0 Å². The van der Waals surface area contributed by atoms with Gasteiger partial charge in [0.2, 0.25) is 5.91 Å². The van der Waals surface area contributed by atoms with Gasteiger partial charge in [0, 0.05) is 43.5 Å². The van der Waals surface area contributed by atoms with Gasteiger partial charge in [-0.1, -0.05) is 0 Å². The Labute approximate surface area is 184 Å². The number of anilines is 2. The first-order valence-corrected chi connectivity index (χ1v) is 10.7. The Morgan fingerprint density at radius 3 is 2.53 bits per heavy atom. The Kier molecular flexibility index (Phi) is 5.01. The van der Waals surface area contributed by atoms with Crippen molar-refractivity contribution in [2.45, 2.75) is 25.2 Å². The quantitative estimate of drug-likeness (QED) is 0.617. The predicted molar refractivity (Wildman–Crippen MR) is 119 cm³/mol. The number of nitrogens with two attached hydrogens (primary N) is 1. The molecule has 9 heteroatoms. The molecule has 3 aromatic rings. The topological polar surface area (TPSA) is 113 Å². The van der Waals surface area contributed by atoms with Crippen molar-refractivity contribution >= 4 is 35.0 Å². The minimum absolute atomic E-state index is 0.0371. The highest BCUT2D eigenvalue weighted by atomic mass is 16.2. The number of carbonyl (C=O) groups is 3. The maximum Gasteiger partial charge on any atom is 0.329 e. The summed E-state index contributed by atoms with van der Waals surface area (Å²) in [7, 11) is 0. The van der Waals surface area contributed by atoms with Crippen LogP contribution in [0.2, 0.25) is 0 Å². The lowest BCUT2D eigenvalue weighted by molar-refractivity contribution is -0.120. The molecule has 0 unspecified atom stereocenters. The first-order valence-electron chi connectivity index (χ1n) is 10.7. The van der Waals surface area contributed by atoms with Gasteiger partial charge >= 0.3 is 6.03 Å². The van der Waals surface area contributed by atoms with Gasteiger partial charge in [-0.15, -0.1) is 0 Å². The summed E-state index contributed by atoms with van der Waals surface area (Å²) >= 11 is 0. The molecule has 2 aliphatic rings. The molecular weight excluding hydrogens is 408 g/mol. The number of urea groups is 1. The van der Waals surface area contributed by atoms with Crippen LogP contribution in [0.15, 0.2) is 48.8 Å². The van der Waals surface area contributed by atoms with Crippen molar-refractivity contribution in [3.05, 3.63) is 59.9 Å². The molecule has 2 fully saturated rings. The van der Waals surface area contributed by atoms with Gasteiger partial charge in [-0.25, -0.2) is 9.78 Å². The van der Waals surface area contributed by atoms with E-state index in [1.165, 1.54) is 10.5 Å². The third kappa shape index (κ3) is 3.66. The van der Waals surface area contributed by atoms with E-state index in [4.69, 9.17) is 5.73 Å². The fraction of sp³-hybridized carbons (Fsp3) is 0.304. The van der Waals surface area contributed by atoms with Crippen molar-refractivity contribution < 1.29 is 14.4 Å². The van der Waals surface area contributed by atoms with Gasteiger partial charge in [0.15, 0.2) is 0 Å². The zero-order valence-corrected chi connectivity index (χ0v) is 17.5. The number of likely N-dealkylation sites (tertiary alicyclic amines) is 1. The average Bonchev–Trinajstić information content (AvgIpc) is 3.22. The van der Waals surface area contributed by atoms with E-state index in [0.29, 0.717) is 42.6 Å². The second kappa shape index (κ2) is 7.99. The number of amides is 4. The van der Waals surface area contributed by atoms with Crippen LogP contribution in [0.4, 0.5) is 16.3 Å². The summed E-state index contributed by atoms with van der Waals surface area (Å²) in [6, 6.07) is 10.7. The number of pyridine rings is 1. The van der Waals surface area contributed by atoms with Gasteiger partial charge in [-0.2, -0.15) is 0 Å². The molecule has 0 saturated carbocycles. The Balaban J connectivity index is 1.28. The van der Waals surface area contributed by atoms with E-state index in [1.807, 2.05) is 27.6 Å². The van der Waals surface area contributed by atoms with Gasteiger partial charge in [0.1, 0.15) is 11.5 Å². The number of imide groups is 1. The molecule has 3 N–H and O–H groups in total. The van der Waals surface area contributed by atoms with Crippen LogP contribution in [0.5, 0.6) is 0 Å². The third-order valence-electron chi connectivity index (χ3n) is 6.26. The number of imidazole rings is 1. The van der Waals surface area contributed by atoms with E-state index in [2.05, 4.69) is 10.3 Å². The van der Waals surface area contributed by atoms with E-state index in [0.717, 1.165) is 18.5 Å². The number of fused-ring (bicyclic) bond motifs is 1. The zero-order valence-electron chi connectivity index (χ0n) is 17.5. The maximum absolute atomic E-state index is 12.7. The van der Waals surface area contributed by atoms with Crippen molar-refractivity contribution in [1.29, 1.82) is 0 Å². The first kappa shape index (κ1) is 20.0. The number of aromatic nitrogens is 2. The van der Waals surface area contributed by atoms with Crippen LogP contribution in [-0.2, 0) is 4.79 Å². The van der Waals surface area contributed by atoms with E-state index in [-0.39, 0.29) is 18.2 Å². The number of piperidine rings is 1. The highest BCUT2D eigenvalue weighted by molar-refractivity contribution is 6.05. The SMILES string of the molecule is Nc1ccc(C(=O)N2CCC(c3ccn4c(N5CCC(=O)NC5=O)cnc4c3)CC2)cc1. The van der Waals surface area contributed by atoms with Crippen molar-refractivity contribution in [2.24, 2.45) is 0 Å². The monoisotopic (exact) mass is 432 g/mol. The summed E-state index contributed by atoms with van der Waals surface area (Å²) in [5.74, 6) is 0.755. The molecule has 2 saturated heterocycles. The minimum atomic E-state index is -0.426. The number of nitrogen functional groups attached to an aromatic ring is 1. The lowest BCUT2D eigenvalue weighted by Crippen LogP contribution is -2.50. The van der Waals surface area contributed by atoms with Crippen LogP contribution in [0.3, 0.4) is 0 Å². The van der Waals surface area contributed by atoms with Gasteiger partial charge < -0.3 is 10.6 Å². The highest BCUT2D eigenvalue weighted by Crippen LogP contribution is 2.30. The Bertz CT molecular complexity index is 1190. The fourth-order valence-corrected chi connectivity index (χ4v) is 4.44. The van der Waals surface area contributed by atoms with Crippen molar-refractivity contribution in [1.82, 2.24) is 19.6 Å². The number of nitrogens with one attached hydrogen (secondary N) is 1. The van der Waals surface area contributed by atoms with E-state index < -0.39 is 6.03 Å². The molecule has 5 rings (SSSR count). The highest BCUT2D eigenvalue weighted by Gasteiger charge is 2.28. The summed E-state index contributed by atoms with van der Waals surface area (Å²) in [5, 5.41) is 2.34. The van der Waals surface area contributed by atoms with Gasteiger partial charge in [-0.05, 0) is 60.7 Å². The summed E-state index contributed by atoms with van der Waals surface area (Å²) in [4.78, 5) is 44.2. The number of rotatable bonds is 3. The third-order valence-corrected chi connectivity index (χ3v) is 6.26. The summed E-state index contributed by atoms with van der Waals surface area (Å²) in [6.45, 7) is 1.72. The molecule has 0 radical (unpaired) electrons. The number of hydrogen-bond donors (Lipinski definition) is 2. The van der Waals surface area contributed by atoms with Gasteiger partial charge in [0.25, 0.3) is 5.91 Å². The second-order valence-electron chi connectivity index (χ2n) is 8.25. The van der Waals surface area contributed by atoms with Gasteiger partial charge in [0.05, 0.1) is 6.20 Å². The van der Waals surface area contributed by atoms with Crippen LogP contribution in [0.1, 0.15) is 41.1 Å². The Morgan fingerprint density at radius 2 is 1.81 bits per heavy atom. The minimum Gasteiger partial charge on any atom is -0.399 e. The number of benzene rings is 1. The molecule has 4 amide bonds. The first-order chi connectivity index (χ1) is 15.5. The van der Waals surface area contributed by atoms with Crippen LogP contribution in [0.25, 0.3) is 5.65 Å². The molecular formula is C23H24N6O3. The molecule has 2 aromatic heterocycles. The van der Waals surface area contributed by atoms with E-state index in [9.17, 15) is 14.4 Å². The number of nitrogens with zero attached hydrogens (tertiary/aromatic N) is 4. The number of carbonyl (C=O) groups excluding carboxylic acids is 3. The average molecular weight is 432 g/mol. The normalized spacial score (nSPS) is 17.6. The summed E-state index contributed by atoms with van der Waals surface area (Å²) < 4.78 is 1.86. The molecule has 164 valence electrons. The van der Waals surface area contributed by atoms with Crippen molar-refractivity contribution in [3.63, 3.8) is 0 Å². The standard InChI is InChI=1S/C23H24N6O3/c24-18-3-1-16(2-4-18)22(31)27-9-5-15(6-10-27)17-7-11-28-19(13-17)25-14-21(28)29-12-8-20(30)26-23(29)32/h1-4,7,11,13-15H,5-6,8-10,12,24H2,(H,26,30,32). The predicted octanol–water partition coefficient (Wildman–Crippen LogP) is 2.38.